The number of hydrogen-bond acceptors (Lipinski definition) is 5. The predicted molar refractivity (Wildman–Crippen MR) is 104 cm³/mol. The second-order valence-electron chi connectivity index (χ2n) is 6.44. The molecule has 0 unspecified atom stereocenters. The van der Waals surface area contributed by atoms with E-state index in [4.69, 9.17) is 14.2 Å². The summed E-state index contributed by atoms with van der Waals surface area (Å²) in [4.78, 5) is 24.0. The highest BCUT2D eigenvalue weighted by Crippen LogP contribution is 2.32. The van der Waals surface area contributed by atoms with Gasteiger partial charge in [-0.3, -0.25) is 9.59 Å². The number of benzene rings is 2. The Morgan fingerprint density at radius 2 is 1.75 bits per heavy atom. The molecule has 0 saturated carbocycles. The Balaban J connectivity index is 1.27. The number of hydrogen-bond donors (Lipinski definition) is 2. The van der Waals surface area contributed by atoms with Gasteiger partial charge in [0.05, 0.1) is 6.61 Å². The van der Waals surface area contributed by atoms with Crippen molar-refractivity contribution in [3.8, 4) is 17.2 Å². The number of amides is 2. The molecule has 148 valence electrons. The third-order valence-corrected chi connectivity index (χ3v) is 4.21. The van der Waals surface area contributed by atoms with Gasteiger partial charge in [0, 0.05) is 25.1 Å². The van der Waals surface area contributed by atoms with E-state index in [1.165, 1.54) is 5.56 Å². The van der Waals surface area contributed by atoms with Gasteiger partial charge < -0.3 is 24.8 Å². The minimum atomic E-state index is -0.223. The average Bonchev–Trinajstić information content (AvgIpc) is 3.17. The minimum Gasteiger partial charge on any atom is -0.494 e. The van der Waals surface area contributed by atoms with E-state index in [1.54, 1.807) is 18.2 Å². The summed E-state index contributed by atoms with van der Waals surface area (Å²) in [6.45, 7) is 3.39. The summed E-state index contributed by atoms with van der Waals surface area (Å²) in [5.41, 5.74) is 1.67. The van der Waals surface area contributed by atoms with Crippen molar-refractivity contribution in [2.75, 3.05) is 26.5 Å². The van der Waals surface area contributed by atoms with Crippen LogP contribution >= 0.6 is 0 Å². The van der Waals surface area contributed by atoms with Crippen molar-refractivity contribution in [3.63, 3.8) is 0 Å². The molecule has 2 N–H and O–H groups in total. The van der Waals surface area contributed by atoms with Gasteiger partial charge in [-0.2, -0.15) is 0 Å². The Morgan fingerprint density at radius 1 is 1.00 bits per heavy atom. The highest BCUT2D eigenvalue weighted by molar-refractivity contribution is 5.94. The van der Waals surface area contributed by atoms with Crippen LogP contribution in [0.2, 0.25) is 0 Å². The van der Waals surface area contributed by atoms with E-state index in [2.05, 4.69) is 10.6 Å². The fourth-order valence-corrected chi connectivity index (χ4v) is 2.66. The minimum absolute atomic E-state index is 0.0650. The quantitative estimate of drug-likeness (QED) is 0.649. The Labute approximate surface area is 164 Å². The Bertz CT molecular complexity index is 820. The van der Waals surface area contributed by atoms with Gasteiger partial charge in [-0.15, -0.1) is 0 Å². The van der Waals surface area contributed by atoms with Crippen LogP contribution in [0, 0.1) is 6.92 Å². The molecule has 2 aromatic rings. The summed E-state index contributed by atoms with van der Waals surface area (Å²) in [6.07, 6.45) is 1.01. The van der Waals surface area contributed by atoms with E-state index in [0.29, 0.717) is 49.6 Å². The first-order chi connectivity index (χ1) is 13.6. The van der Waals surface area contributed by atoms with Crippen molar-refractivity contribution in [1.29, 1.82) is 0 Å². The van der Waals surface area contributed by atoms with Crippen LogP contribution in [0.25, 0.3) is 0 Å². The first-order valence-corrected chi connectivity index (χ1v) is 9.26. The van der Waals surface area contributed by atoms with Crippen molar-refractivity contribution in [2.45, 2.75) is 19.8 Å². The lowest BCUT2D eigenvalue weighted by Crippen LogP contribution is -2.34. The number of fused-ring (bicyclic) bond motifs is 1. The topological polar surface area (TPSA) is 85.9 Å². The lowest BCUT2D eigenvalue weighted by Gasteiger charge is -2.08. The zero-order valence-corrected chi connectivity index (χ0v) is 15.8. The molecule has 0 radical (unpaired) electrons. The molecule has 0 saturated heterocycles. The van der Waals surface area contributed by atoms with Crippen LogP contribution in [0.15, 0.2) is 42.5 Å². The average molecular weight is 384 g/mol. The van der Waals surface area contributed by atoms with Gasteiger partial charge in [0.15, 0.2) is 11.5 Å². The largest absolute Gasteiger partial charge is 0.494 e. The van der Waals surface area contributed by atoms with E-state index in [1.807, 2.05) is 31.2 Å². The van der Waals surface area contributed by atoms with Crippen LogP contribution in [-0.2, 0) is 4.79 Å². The van der Waals surface area contributed by atoms with E-state index in [-0.39, 0.29) is 18.6 Å². The molecule has 3 rings (SSSR count). The number of rotatable bonds is 9. The van der Waals surface area contributed by atoms with Gasteiger partial charge in [-0.05, 0) is 43.7 Å². The van der Waals surface area contributed by atoms with Crippen LogP contribution in [-0.4, -0.2) is 38.3 Å². The number of carbonyl (C=O) groups is 2. The first-order valence-electron chi connectivity index (χ1n) is 9.26. The van der Waals surface area contributed by atoms with Gasteiger partial charge in [-0.1, -0.05) is 17.7 Å². The highest BCUT2D eigenvalue weighted by atomic mass is 16.7. The molecule has 28 heavy (non-hydrogen) atoms. The maximum absolute atomic E-state index is 12.1. The molecule has 1 aliphatic rings. The molecular formula is C21H24N2O5. The lowest BCUT2D eigenvalue weighted by atomic mass is 10.2. The van der Waals surface area contributed by atoms with Crippen LogP contribution < -0.4 is 24.8 Å². The van der Waals surface area contributed by atoms with Crippen molar-refractivity contribution in [2.24, 2.45) is 0 Å². The Morgan fingerprint density at radius 3 is 2.57 bits per heavy atom. The molecule has 0 aliphatic carbocycles. The maximum atomic E-state index is 12.1. The summed E-state index contributed by atoms with van der Waals surface area (Å²) in [7, 11) is 0. The predicted octanol–water partition coefficient (Wildman–Crippen LogP) is 2.43. The second-order valence-corrected chi connectivity index (χ2v) is 6.44. The monoisotopic (exact) mass is 384 g/mol. The number of carbonyl (C=O) groups excluding carboxylic acids is 2. The van der Waals surface area contributed by atoms with E-state index >= 15 is 0 Å². The van der Waals surface area contributed by atoms with Gasteiger partial charge in [0.2, 0.25) is 12.7 Å². The molecule has 1 heterocycles. The fraction of sp³-hybridized carbons (Fsp3) is 0.333. The van der Waals surface area contributed by atoms with E-state index in [9.17, 15) is 9.59 Å². The SMILES string of the molecule is Cc1ccc(OCCCC(=O)NCCNC(=O)c2ccc3c(c2)OCO3)cc1. The van der Waals surface area contributed by atoms with E-state index in [0.717, 1.165) is 5.75 Å². The molecular weight excluding hydrogens is 360 g/mol. The smallest absolute Gasteiger partial charge is 0.251 e. The summed E-state index contributed by atoms with van der Waals surface area (Å²) in [5, 5.41) is 5.55. The van der Waals surface area contributed by atoms with Gasteiger partial charge >= 0.3 is 0 Å². The molecule has 2 amide bonds. The van der Waals surface area contributed by atoms with Crippen LogP contribution in [0.1, 0.15) is 28.8 Å². The molecule has 0 spiro atoms. The van der Waals surface area contributed by atoms with Crippen molar-refractivity contribution in [1.82, 2.24) is 10.6 Å². The molecule has 0 atom stereocenters. The third-order valence-electron chi connectivity index (χ3n) is 4.21. The zero-order chi connectivity index (χ0) is 19.8. The molecule has 7 nitrogen and oxygen atoms in total. The van der Waals surface area contributed by atoms with Gasteiger partial charge in [0.1, 0.15) is 5.75 Å². The summed E-state index contributed by atoms with van der Waals surface area (Å²) in [5.74, 6) is 1.71. The normalized spacial score (nSPS) is 11.8. The molecule has 1 aliphatic heterocycles. The molecule has 0 fully saturated rings. The van der Waals surface area contributed by atoms with Crippen molar-refractivity contribution in [3.05, 3.63) is 53.6 Å². The van der Waals surface area contributed by atoms with Crippen molar-refractivity contribution < 1.29 is 23.8 Å². The number of aryl methyl sites for hydroxylation is 1. The first kappa shape index (κ1) is 19.5. The highest BCUT2D eigenvalue weighted by Gasteiger charge is 2.15. The van der Waals surface area contributed by atoms with Crippen LogP contribution in [0.5, 0.6) is 17.2 Å². The Kier molecular flexibility index (Phi) is 6.73. The van der Waals surface area contributed by atoms with Gasteiger partial charge in [0.25, 0.3) is 5.91 Å². The molecule has 0 bridgehead atoms. The zero-order valence-electron chi connectivity index (χ0n) is 15.8. The second kappa shape index (κ2) is 9.64. The molecule has 2 aromatic carbocycles. The number of nitrogens with one attached hydrogen (secondary N) is 2. The molecule has 0 aromatic heterocycles. The summed E-state index contributed by atoms with van der Waals surface area (Å²) >= 11 is 0. The van der Waals surface area contributed by atoms with Gasteiger partial charge in [-0.25, -0.2) is 0 Å². The summed E-state index contributed by atoms with van der Waals surface area (Å²) in [6, 6.07) is 12.8. The van der Waals surface area contributed by atoms with E-state index < -0.39 is 0 Å². The summed E-state index contributed by atoms with van der Waals surface area (Å²) < 4.78 is 16.1. The maximum Gasteiger partial charge on any atom is 0.251 e. The standard InChI is InChI=1S/C21H24N2O5/c1-15-4-7-17(8-5-15)26-12-2-3-20(24)22-10-11-23-21(25)16-6-9-18-19(13-16)28-14-27-18/h4-9,13H,2-3,10-12,14H2,1H3,(H,22,24)(H,23,25). The third kappa shape index (κ3) is 5.64. The number of ether oxygens (including phenoxy) is 3. The van der Waals surface area contributed by atoms with Crippen LogP contribution in [0.3, 0.4) is 0 Å². The van der Waals surface area contributed by atoms with Crippen molar-refractivity contribution >= 4 is 11.8 Å². The molecule has 7 heteroatoms. The fourth-order valence-electron chi connectivity index (χ4n) is 2.66. The lowest BCUT2D eigenvalue weighted by molar-refractivity contribution is -0.121. The Hall–Kier alpha value is -3.22. The van der Waals surface area contributed by atoms with Crippen LogP contribution in [0.4, 0.5) is 0 Å².